The van der Waals surface area contributed by atoms with Gasteiger partial charge < -0.3 is 4.90 Å². The number of thiophene rings is 1. The van der Waals surface area contributed by atoms with Gasteiger partial charge in [-0.15, -0.1) is 0 Å². The fourth-order valence-electron chi connectivity index (χ4n) is 2.43. The van der Waals surface area contributed by atoms with Crippen LogP contribution in [0.4, 0.5) is 0 Å². The summed E-state index contributed by atoms with van der Waals surface area (Å²) in [7, 11) is 0. The minimum Gasteiger partial charge on any atom is -0.336 e. The molecule has 0 N–H and O–H groups in total. The summed E-state index contributed by atoms with van der Waals surface area (Å²) in [6.07, 6.45) is 1.54. The van der Waals surface area contributed by atoms with Gasteiger partial charge in [0.25, 0.3) is 5.91 Å². The Morgan fingerprint density at radius 3 is 2.67 bits per heavy atom. The maximum atomic E-state index is 12.4. The smallest absolute Gasteiger partial charge is 0.255 e. The molecule has 1 aliphatic rings. The second kappa shape index (κ2) is 6.56. The van der Waals surface area contributed by atoms with Crippen molar-refractivity contribution in [2.75, 3.05) is 26.2 Å². The Morgan fingerprint density at radius 2 is 2.05 bits per heavy atom. The maximum absolute atomic E-state index is 12.4. The second-order valence-corrected chi connectivity index (χ2v) is 6.24. The number of nitrogens with zero attached hydrogens (tertiary/aromatic N) is 3. The fourth-order valence-corrected chi connectivity index (χ4v) is 3.21. The van der Waals surface area contributed by atoms with Gasteiger partial charge in [0.05, 0.1) is 5.56 Å². The van der Waals surface area contributed by atoms with Crippen molar-refractivity contribution >= 4 is 28.8 Å². The van der Waals surface area contributed by atoms with Crippen molar-refractivity contribution in [3.63, 3.8) is 0 Å². The summed E-state index contributed by atoms with van der Waals surface area (Å²) in [6.45, 7) is 4.29. The van der Waals surface area contributed by atoms with Crippen LogP contribution in [0.3, 0.4) is 0 Å². The predicted molar refractivity (Wildman–Crippen MR) is 84.7 cm³/mol. The standard InChI is InChI=1S/C15H16ClN3OS/c16-14-2-1-13(9-17-14)15(20)19-6-4-18(5-7-19)10-12-3-8-21-11-12/h1-3,8-9,11H,4-7,10H2. The van der Waals surface area contributed by atoms with Gasteiger partial charge in [-0.05, 0) is 34.5 Å². The van der Waals surface area contributed by atoms with Crippen molar-refractivity contribution in [3.05, 3.63) is 51.4 Å². The highest BCUT2D eigenvalue weighted by Crippen LogP contribution is 2.14. The third-order valence-electron chi connectivity index (χ3n) is 3.62. The van der Waals surface area contributed by atoms with E-state index in [9.17, 15) is 4.79 Å². The Balaban J connectivity index is 1.55. The van der Waals surface area contributed by atoms with Crippen LogP contribution in [0.25, 0.3) is 0 Å². The predicted octanol–water partition coefficient (Wildman–Crippen LogP) is 2.75. The Hall–Kier alpha value is -1.43. The number of piperazine rings is 1. The quantitative estimate of drug-likeness (QED) is 0.816. The molecule has 0 aliphatic carbocycles. The molecule has 3 rings (SSSR count). The van der Waals surface area contributed by atoms with E-state index in [1.165, 1.54) is 5.56 Å². The number of rotatable bonds is 3. The molecule has 21 heavy (non-hydrogen) atoms. The minimum atomic E-state index is 0.0364. The highest BCUT2D eigenvalue weighted by molar-refractivity contribution is 7.07. The molecule has 0 atom stereocenters. The monoisotopic (exact) mass is 321 g/mol. The molecule has 1 amide bonds. The molecule has 0 unspecified atom stereocenters. The largest absolute Gasteiger partial charge is 0.336 e. The zero-order valence-electron chi connectivity index (χ0n) is 11.5. The molecule has 4 nitrogen and oxygen atoms in total. The molecule has 1 fully saturated rings. The first-order chi connectivity index (χ1) is 10.2. The summed E-state index contributed by atoms with van der Waals surface area (Å²) >= 11 is 7.47. The molecule has 2 aromatic heterocycles. The molecule has 6 heteroatoms. The van der Waals surface area contributed by atoms with Crippen LogP contribution < -0.4 is 0 Å². The van der Waals surface area contributed by atoms with E-state index in [2.05, 4.69) is 26.7 Å². The molecule has 2 aromatic rings. The molecule has 0 spiro atoms. The Bertz CT molecular complexity index is 592. The minimum absolute atomic E-state index is 0.0364. The highest BCUT2D eigenvalue weighted by atomic mass is 35.5. The number of carbonyl (C=O) groups excluding carboxylic acids is 1. The summed E-state index contributed by atoms with van der Waals surface area (Å²) in [5, 5.41) is 4.69. The third-order valence-corrected chi connectivity index (χ3v) is 4.58. The summed E-state index contributed by atoms with van der Waals surface area (Å²) in [6, 6.07) is 5.54. The lowest BCUT2D eigenvalue weighted by atomic mass is 10.2. The van der Waals surface area contributed by atoms with Crippen LogP contribution in [-0.2, 0) is 6.54 Å². The molecule has 1 aliphatic heterocycles. The average Bonchev–Trinajstić information content (AvgIpc) is 3.01. The van der Waals surface area contributed by atoms with Crippen LogP contribution in [0.5, 0.6) is 0 Å². The molecule has 0 aromatic carbocycles. The topological polar surface area (TPSA) is 36.4 Å². The van der Waals surface area contributed by atoms with Gasteiger partial charge in [0.1, 0.15) is 5.15 Å². The van der Waals surface area contributed by atoms with Crippen molar-refractivity contribution in [2.45, 2.75) is 6.54 Å². The van der Waals surface area contributed by atoms with Gasteiger partial charge in [-0.1, -0.05) is 11.6 Å². The Morgan fingerprint density at radius 1 is 1.24 bits per heavy atom. The van der Waals surface area contributed by atoms with Gasteiger partial charge in [0.2, 0.25) is 0 Å². The number of carbonyl (C=O) groups is 1. The van der Waals surface area contributed by atoms with Crippen LogP contribution in [0, 0.1) is 0 Å². The van der Waals surface area contributed by atoms with Crippen molar-refractivity contribution in [3.8, 4) is 0 Å². The number of aromatic nitrogens is 1. The lowest BCUT2D eigenvalue weighted by Gasteiger charge is -2.34. The first-order valence-corrected chi connectivity index (χ1v) is 8.19. The van der Waals surface area contributed by atoms with Gasteiger partial charge in [-0.2, -0.15) is 11.3 Å². The molecular formula is C15H16ClN3OS. The van der Waals surface area contributed by atoms with Gasteiger partial charge in [-0.3, -0.25) is 9.69 Å². The fraction of sp³-hybridized carbons (Fsp3) is 0.333. The number of halogens is 1. The van der Waals surface area contributed by atoms with E-state index in [0.717, 1.165) is 32.7 Å². The van der Waals surface area contributed by atoms with E-state index in [0.29, 0.717) is 10.7 Å². The van der Waals surface area contributed by atoms with E-state index in [-0.39, 0.29) is 5.91 Å². The van der Waals surface area contributed by atoms with Crippen molar-refractivity contribution in [1.29, 1.82) is 0 Å². The van der Waals surface area contributed by atoms with E-state index < -0.39 is 0 Å². The van der Waals surface area contributed by atoms with Crippen LogP contribution in [0.2, 0.25) is 5.15 Å². The Kier molecular flexibility index (Phi) is 4.53. The van der Waals surface area contributed by atoms with E-state index >= 15 is 0 Å². The lowest BCUT2D eigenvalue weighted by Crippen LogP contribution is -2.48. The molecule has 0 bridgehead atoms. The van der Waals surface area contributed by atoms with Gasteiger partial charge in [0.15, 0.2) is 0 Å². The molecular weight excluding hydrogens is 306 g/mol. The van der Waals surface area contributed by atoms with Crippen molar-refractivity contribution in [1.82, 2.24) is 14.8 Å². The summed E-state index contributed by atoms with van der Waals surface area (Å²) in [5.74, 6) is 0.0364. The third kappa shape index (κ3) is 3.61. The molecule has 0 saturated carbocycles. The number of hydrogen-bond donors (Lipinski definition) is 0. The zero-order chi connectivity index (χ0) is 14.7. The summed E-state index contributed by atoms with van der Waals surface area (Å²) in [5.41, 5.74) is 1.95. The number of hydrogen-bond acceptors (Lipinski definition) is 4. The van der Waals surface area contributed by atoms with Crippen molar-refractivity contribution < 1.29 is 4.79 Å². The zero-order valence-corrected chi connectivity index (χ0v) is 13.1. The van der Waals surface area contributed by atoms with Gasteiger partial charge in [-0.25, -0.2) is 4.98 Å². The number of amides is 1. The average molecular weight is 322 g/mol. The lowest BCUT2D eigenvalue weighted by molar-refractivity contribution is 0.0628. The summed E-state index contributed by atoms with van der Waals surface area (Å²) in [4.78, 5) is 20.6. The first kappa shape index (κ1) is 14.5. The van der Waals surface area contributed by atoms with Crippen LogP contribution >= 0.6 is 22.9 Å². The Labute approximate surface area is 133 Å². The van der Waals surface area contributed by atoms with E-state index in [1.807, 2.05) is 4.90 Å². The van der Waals surface area contributed by atoms with Gasteiger partial charge >= 0.3 is 0 Å². The maximum Gasteiger partial charge on any atom is 0.255 e. The van der Waals surface area contributed by atoms with E-state index in [1.54, 1.807) is 29.7 Å². The molecule has 3 heterocycles. The number of pyridine rings is 1. The normalized spacial score (nSPS) is 16.1. The summed E-state index contributed by atoms with van der Waals surface area (Å²) < 4.78 is 0. The van der Waals surface area contributed by atoms with Crippen LogP contribution in [0.15, 0.2) is 35.2 Å². The second-order valence-electron chi connectivity index (χ2n) is 5.07. The van der Waals surface area contributed by atoms with Gasteiger partial charge in [0, 0.05) is 38.9 Å². The molecule has 110 valence electrons. The molecule has 0 radical (unpaired) electrons. The highest BCUT2D eigenvalue weighted by Gasteiger charge is 2.22. The van der Waals surface area contributed by atoms with Crippen LogP contribution in [-0.4, -0.2) is 46.9 Å². The SMILES string of the molecule is O=C(c1ccc(Cl)nc1)N1CCN(Cc2ccsc2)CC1. The van der Waals surface area contributed by atoms with E-state index in [4.69, 9.17) is 11.6 Å². The van der Waals surface area contributed by atoms with Crippen molar-refractivity contribution in [2.24, 2.45) is 0 Å². The first-order valence-electron chi connectivity index (χ1n) is 6.86. The molecule has 1 saturated heterocycles. The van der Waals surface area contributed by atoms with Crippen LogP contribution in [0.1, 0.15) is 15.9 Å².